The minimum absolute atomic E-state index is 0.153. The molecule has 0 bridgehead atoms. The quantitative estimate of drug-likeness (QED) is 0.767. The summed E-state index contributed by atoms with van der Waals surface area (Å²) < 4.78 is 32.4. The van der Waals surface area contributed by atoms with Gasteiger partial charge in [0.05, 0.1) is 28.9 Å². The highest BCUT2D eigenvalue weighted by molar-refractivity contribution is 7.90. The molecule has 0 unspecified atom stereocenters. The molecule has 1 aromatic rings. The van der Waals surface area contributed by atoms with Gasteiger partial charge in [-0.05, 0) is 18.2 Å². The van der Waals surface area contributed by atoms with Crippen LogP contribution in [0.4, 0.5) is 5.69 Å². The van der Waals surface area contributed by atoms with E-state index >= 15 is 0 Å². The molecule has 0 aliphatic carbocycles. The van der Waals surface area contributed by atoms with Crippen molar-refractivity contribution in [3.63, 3.8) is 0 Å². The van der Waals surface area contributed by atoms with E-state index in [1.807, 2.05) is 6.07 Å². The summed E-state index contributed by atoms with van der Waals surface area (Å²) in [7, 11) is -2.22. The third kappa shape index (κ3) is 4.50. The molecule has 18 heavy (non-hydrogen) atoms. The monoisotopic (exact) mass is 289 g/mol. The smallest absolute Gasteiger partial charge is 0.299 e. The average Bonchev–Trinajstić information content (AvgIpc) is 2.31. The van der Waals surface area contributed by atoms with Gasteiger partial charge in [-0.1, -0.05) is 11.6 Å². The van der Waals surface area contributed by atoms with Crippen molar-refractivity contribution < 1.29 is 13.2 Å². The van der Waals surface area contributed by atoms with E-state index in [2.05, 4.69) is 9.44 Å². The van der Waals surface area contributed by atoms with Crippen LogP contribution in [0.15, 0.2) is 18.2 Å². The fourth-order valence-electron chi connectivity index (χ4n) is 1.13. The largest absolute Gasteiger partial charge is 0.383 e. The van der Waals surface area contributed by atoms with Crippen LogP contribution >= 0.6 is 11.6 Å². The molecule has 0 radical (unpaired) electrons. The van der Waals surface area contributed by atoms with Crippen LogP contribution in [0.3, 0.4) is 0 Å². The lowest BCUT2D eigenvalue weighted by Gasteiger charge is -2.10. The molecule has 8 heteroatoms. The number of nitrogens with one attached hydrogen (secondary N) is 2. The second kappa shape index (κ2) is 6.56. The number of nitrogens with zero attached hydrogens (tertiary/aromatic N) is 1. The molecule has 1 rings (SSSR count). The van der Waals surface area contributed by atoms with E-state index < -0.39 is 10.2 Å². The molecule has 0 saturated heterocycles. The zero-order valence-corrected chi connectivity index (χ0v) is 11.2. The SMILES string of the molecule is COCCNS(=O)(=O)Nc1ccc(C#N)cc1Cl. The molecular formula is C10H12ClN3O3S. The number of anilines is 1. The fraction of sp³-hybridized carbons (Fsp3) is 0.300. The zero-order valence-electron chi connectivity index (χ0n) is 9.60. The van der Waals surface area contributed by atoms with Gasteiger partial charge in [0.2, 0.25) is 0 Å². The molecule has 0 saturated carbocycles. The molecule has 0 fully saturated rings. The summed E-state index contributed by atoms with van der Waals surface area (Å²) in [4.78, 5) is 0. The molecule has 0 aliphatic rings. The highest BCUT2D eigenvalue weighted by Crippen LogP contribution is 2.23. The van der Waals surface area contributed by atoms with Gasteiger partial charge in [-0.25, -0.2) is 0 Å². The van der Waals surface area contributed by atoms with Crippen LogP contribution in [0.1, 0.15) is 5.56 Å². The van der Waals surface area contributed by atoms with Crippen LogP contribution in [-0.4, -0.2) is 28.7 Å². The van der Waals surface area contributed by atoms with Crippen LogP contribution in [-0.2, 0) is 14.9 Å². The Labute approximate surface area is 111 Å². The Morgan fingerprint density at radius 2 is 2.22 bits per heavy atom. The highest BCUT2D eigenvalue weighted by Gasteiger charge is 2.11. The van der Waals surface area contributed by atoms with Crippen molar-refractivity contribution in [2.24, 2.45) is 0 Å². The molecule has 0 spiro atoms. The van der Waals surface area contributed by atoms with Gasteiger partial charge in [-0.2, -0.15) is 18.4 Å². The van der Waals surface area contributed by atoms with Crippen molar-refractivity contribution in [1.82, 2.24) is 4.72 Å². The first kappa shape index (κ1) is 14.7. The number of rotatable bonds is 6. The van der Waals surface area contributed by atoms with E-state index in [9.17, 15) is 8.42 Å². The molecule has 98 valence electrons. The lowest BCUT2D eigenvalue weighted by atomic mass is 10.2. The molecule has 0 aromatic heterocycles. The first-order chi connectivity index (χ1) is 8.48. The number of methoxy groups -OCH3 is 1. The Morgan fingerprint density at radius 3 is 2.78 bits per heavy atom. The number of ether oxygens (including phenoxy) is 1. The second-order valence-electron chi connectivity index (χ2n) is 3.30. The number of benzene rings is 1. The minimum Gasteiger partial charge on any atom is -0.383 e. The van der Waals surface area contributed by atoms with Crippen LogP contribution in [0, 0.1) is 11.3 Å². The Kier molecular flexibility index (Phi) is 5.37. The van der Waals surface area contributed by atoms with Crippen LogP contribution in [0.5, 0.6) is 0 Å². The summed E-state index contributed by atoms with van der Waals surface area (Å²) in [5, 5.41) is 8.81. The third-order valence-corrected chi connectivity index (χ3v) is 3.33. The molecule has 0 aliphatic heterocycles. The van der Waals surface area contributed by atoms with E-state index in [1.54, 1.807) is 0 Å². The Bertz CT molecular complexity index is 554. The normalized spacial score (nSPS) is 10.9. The Balaban J connectivity index is 2.75. The van der Waals surface area contributed by atoms with Crippen molar-refractivity contribution in [2.75, 3.05) is 25.0 Å². The van der Waals surface area contributed by atoms with E-state index in [1.165, 1.54) is 25.3 Å². The molecule has 0 atom stereocenters. The number of halogens is 1. The molecule has 6 nitrogen and oxygen atoms in total. The highest BCUT2D eigenvalue weighted by atomic mass is 35.5. The topological polar surface area (TPSA) is 91.2 Å². The Hall–Kier alpha value is -1.33. The maximum atomic E-state index is 11.6. The van der Waals surface area contributed by atoms with Gasteiger partial charge < -0.3 is 4.74 Å². The van der Waals surface area contributed by atoms with Crippen molar-refractivity contribution >= 4 is 27.5 Å². The molecular weight excluding hydrogens is 278 g/mol. The average molecular weight is 290 g/mol. The summed E-state index contributed by atoms with van der Waals surface area (Å²) >= 11 is 5.85. The zero-order chi connectivity index (χ0) is 13.6. The molecule has 0 amide bonds. The van der Waals surface area contributed by atoms with Crippen LogP contribution < -0.4 is 9.44 Å². The molecule has 0 heterocycles. The van der Waals surface area contributed by atoms with Gasteiger partial charge in [0.1, 0.15) is 0 Å². The van der Waals surface area contributed by atoms with Gasteiger partial charge in [-0.15, -0.1) is 0 Å². The second-order valence-corrected chi connectivity index (χ2v) is 5.21. The van der Waals surface area contributed by atoms with Gasteiger partial charge in [-0.3, -0.25) is 4.72 Å². The first-order valence-corrected chi connectivity index (χ1v) is 6.80. The predicted octanol–water partition coefficient (Wildman–Crippen LogP) is 1.10. The number of hydrogen-bond acceptors (Lipinski definition) is 4. The minimum atomic E-state index is -3.70. The van der Waals surface area contributed by atoms with E-state index in [0.29, 0.717) is 5.56 Å². The van der Waals surface area contributed by atoms with E-state index in [0.717, 1.165) is 0 Å². The summed E-state index contributed by atoms with van der Waals surface area (Å²) in [5.74, 6) is 0. The van der Waals surface area contributed by atoms with Crippen molar-refractivity contribution in [1.29, 1.82) is 5.26 Å². The maximum absolute atomic E-state index is 11.6. The van der Waals surface area contributed by atoms with Crippen LogP contribution in [0.2, 0.25) is 5.02 Å². The summed E-state index contributed by atoms with van der Waals surface area (Å²) in [6.07, 6.45) is 0. The lowest BCUT2D eigenvalue weighted by molar-refractivity contribution is 0.204. The molecule has 1 aromatic carbocycles. The van der Waals surface area contributed by atoms with Crippen molar-refractivity contribution in [3.8, 4) is 6.07 Å². The van der Waals surface area contributed by atoms with Gasteiger partial charge >= 0.3 is 0 Å². The summed E-state index contributed by atoms with van der Waals surface area (Å²) in [6, 6.07) is 6.19. The molecule has 2 N–H and O–H groups in total. The van der Waals surface area contributed by atoms with Gasteiger partial charge in [0, 0.05) is 13.7 Å². The summed E-state index contributed by atoms with van der Waals surface area (Å²) in [5.41, 5.74) is 0.566. The van der Waals surface area contributed by atoms with E-state index in [4.69, 9.17) is 21.6 Å². The van der Waals surface area contributed by atoms with Crippen molar-refractivity contribution in [3.05, 3.63) is 28.8 Å². The standard InChI is InChI=1S/C10H12ClN3O3S/c1-17-5-4-13-18(15,16)14-10-3-2-8(7-12)6-9(10)11/h2-3,6,13-14H,4-5H2,1H3. The lowest BCUT2D eigenvalue weighted by Crippen LogP contribution is -2.32. The number of hydrogen-bond donors (Lipinski definition) is 2. The van der Waals surface area contributed by atoms with Gasteiger partial charge in [0.15, 0.2) is 0 Å². The third-order valence-electron chi connectivity index (χ3n) is 1.94. The maximum Gasteiger partial charge on any atom is 0.299 e. The number of nitriles is 1. The van der Waals surface area contributed by atoms with Gasteiger partial charge in [0.25, 0.3) is 10.2 Å². The fourth-order valence-corrected chi connectivity index (χ4v) is 2.30. The Morgan fingerprint density at radius 1 is 1.50 bits per heavy atom. The first-order valence-electron chi connectivity index (χ1n) is 4.94. The van der Waals surface area contributed by atoms with Crippen molar-refractivity contribution in [2.45, 2.75) is 0 Å². The van der Waals surface area contributed by atoms with Crippen LogP contribution in [0.25, 0.3) is 0 Å². The van der Waals surface area contributed by atoms with E-state index in [-0.39, 0.29) is 23.9 Å². The predicted molar refractivity (Wildman–Crippen MR) is 68.6 cm³/mol. The summed E-state index contributed by atoms with van der Waals surface area (Å²) in [6.45, 7) is 0.418.